The molecule has 66 valence electrons. The topological polar surface area (TPSA) is 47.3 Å². The van der Waals surface area contributed by atoms with Crippen LogP contribution in [-0.4, -0.2) is 24.4 Å². The highest BCUT2D eigenvalue weighted by atomic mass is 16.5. The number of ether oxygens (including phenoxy) is 1. The lowest BCUT2D eigenvalue weighted by Crippen LogP contribution is -2.34. The molecule has 1 saturated heterocycles. The first-order chi connectivity index (χ1) is 5.95. The zero-order chi connectivity index (χ0) is 8.23. The molecule has 4 heteroatoms. The molecular weight excluding hydrogens is 156 g/mol. The molecule has 0 amide bonds. The minimum Gasteiger partial charge on any atom is -0.472 e. The van der Waals surface area contributed by atoms with Crippen molar-refractivity contribution in [3.8, 4) is 5.88 Å². The fraction of sp³-hybridized carbons (Fsp3) is 0.625. The van der Waals surface area contributed by atoms with Gasteiger partial charge in [-0.25, -0.2) is 0 Å². The van der Waals surface area contributed by atoms with E-state index in [1.165, 1.54) is 6.26 Å². The van der Waals surface area contributed by atoms with Crippen LogP contribution in [-0.2, 0) is 0 Å². The van der Waals surface area contributed by atoms with Crippen LogP contribution in [0.15, 0.2) is 16.9 Å². The quantitative estimate of drug-likeness (QED) is 0.709. The molecule has 2 heterocycles. The van der Waals surface area contributed by atoms with Gasteiger partial charge in [0.2, 0.25) is 0 Å². The van der Waals surface area contributed by atoms with Crippen molar-refractivity contribution in [2.45, 2.75) is 18.9 Å². The van der Waals surface area contributed by atoms with E-state index in [1.807, 2.05) is 0 Å². The van der Waals surface area contributed by atoms with Crippen LogP contribution in [0.5, 0.6) is 5.88 Å². The van der Waals surface area contributed by atoms with Crippen LogP contribution in [0.2, 0.25) is 0 Å². The Bertz CT molecular complexity index is 217. The van der Waals surface area contributed by atoms with Crippen molar-refractivity contribution in [1.82, 2.24) is 10.5 Å². The Hall–Kier alpha value is -1.03. The molecule has 1 aromatic heterocycles. The van der Waals surface area contributed by atoms with E-state index in [4.69, 9.17) is 4.74 Å². The Balaban J connectivity index is 1.86. The van der Waals surface area contributed by atoms with Gasteiger partial charge < -0.3 is 14.6 Å². The van der Waals surface area contributed by atoms with Gasteiger partial charge in [0, 0.05) is 6.07 Å². The molecule has 12 heavy (non-hydrogen) atoms. The molecule has 1 fully saturated rings. The maximum Gasteiger partial charge on any atom is 0.254 e. The molecule has 0 spiro atoms. The average molecular weight is 168 g/mol. The molecule has 0 saturated carbocycles. The summed E-state index contributed by atoms with van der Waals surface area (Å²) in [4.78, 5) is 0. The highest BCUT2D eigenvalue weighted by Crippen LogP contribution is 2.13. The van der Waals surface area contributed by atoms with Crippen LogP contribution in [0.25, 0.3) is 0 Å². The predicted molar refractivity (Wildman–Crippen MR) is 43.0 cm³/mol. The summed E-state index contributed by atoms with van der Waals surface area (Å²) in [5.74, 6) is 0.599. The second-order valence-corrected chi connectivity index (χ2v) is 2.90. The lowest BCUT2D eigenvalue weighted by Gasteiger charge is -2.22. The van der Waals surface area contributed by atoms with E-state index >= 15 is 0 Å². The summed E-state index contributed by atoms with van der Waals surface area (Å²) in [6.07, 6.45) is 3.92. The SMILES string of the molecule is c1cc(OC2CCNCC2)no1. The Labute approximate surface area is 70.9 Å². The van der Waals surface area contributed by atoms with Crippen LogP contribution in [0.3, 0.4) is 0 Å². The third-order valence-electron chi connectivity index (χ3n) is 1.99. The van der Waals surface area contributed by atoms with E-state index in [9.17, 15) is 0 Å². The number of aromatic nitrogens is 1. The molecule has 1 N–H and O–H groups in total. The normalized spacial score (nSPS) is 19.3. The maximum atomic E-state index is 5.55. The Kier molecular flexibility index (Phi) is 2.27. The van der Waals surface area contributed by atoms with Crippen molar-refractivity contribution in [3.63, 3.8) is 0 Å². The monoisotopic (exact) mass is 168 g/mol. The van der Waals surface area contributed by atoms with Crippen molar-refractivity contribution in [2.24, 2.45) is 0 Å². The lowest BCUT2D eigenvalue weighted by atomic mass is 10.1. The zero-order valence-corrected chi connectivity index (χ0v) is 6.82. The van der Waals surface area contributed by atoms with Gasteiger partial charge in [0.05, 0.1) is 0 Å². The molecule has 2 rings (SSSR count). The van der Waals surface area contributed by atoms with Crippen LogP contribution < -0.4 is 10.1 Å². The summed E-state index contributed by atoms with van der Waals surface area (Å²) in [6, 6.07) is 1.74. The van der Waals surface area contributed by atoms with Crippen LogP contribution in [0.1, 0.15) is 12.8 Å². The zero-order valence-electron chi connectivity index (χ0n) is 6.82. The molecule has 0 aromatic carbocycles. The summed E-state index contributed by atoms with van der Waals surface area (Å²) in [5, 5.41) is 6.96. The highest BCUT2D eigenvalue weighted by molar-refractivity contribution is 5.02. The fourth-order valence-electron chi connectivity index (χ4n) is 1.35. The number of hydrogen-bond donors (Lipinski definition) is 1. The standard InChI is InChI=1S/C8H12N2O2/c1-4-9-5-2-7(1)12-8-3-6-11-10-8/h3,6-7,9H,1-2,4-5H2. The fourth-order valence-corrected chi connectivity index (χ4v) is 1.35. The van der Waals surface area contributed by atoms with Gasteiger partial charge in [-0.1, -0.05) is 0 Å². The molecular formula is C8H12N2O2. The molecule has 1 aliphatic heterocycles. The molecule has 0 aliphatic carbocycles. The number of rotatable bonds is 2. The minimum absolute atomic E-state index is 0.302. The van der Waals surface area contributed by atoms with Gasteiger partial charge >= 0.3 is 0 Å². The van der Waals surface area contributed by atoms with Crippen molar-refractivity contribution >= 4 is 0 Å². The summed E-state index contributed by atoms with van der Waals surface area (Å²) in [7, 11) is 0. The lowest BCUT2D eigenvalue weighted by molar-refractivity contribution is 0.149. The smallest absolute Gasteiger partial charge is 0.254 e. The molecule has 0 radical (unpaired) electrons. The Morgan fingerprint density at radius 1 is 1.50 bits per heavy atom. The number of piperidine rings is 1. The molecule has 4 nitrogen and oxygen atoms in total. The highest BCUT2D eigenvalue weighted by Gasteiger charge is 2.14. The van der Waals surface area contributed by atoms with Crippen molar-refractivity contribution in [2.75, 3.05) is 13.1 Å². The van der Waals surface area contributed by atoms with Gasteiger partial charge in [0.15, 0.2) is 0 Å². The second kappa shape index (κ2) is 3.58. The molecule has 0 bridgehead atoms. The van der Waals surface area contributed by atoms with E-state index < -0.39 is 0 Å². The maximum absolute atomic E-state index is 5.55. The van der Waals surface area contributed by atoms with Gasteiger partial charge in [0.25, 0.3) is 5.88 Å². The van der Waals surface area contributed by atoms with Gasteiger partial charge in [-0.05, 0) is 31.1 Å². The number of nitrogens with zero attached hydrogens (tertiary/aromatic N) is 1. The number of nitrogens with one attached hydrogen (secondary N) is 1. The van der Waals surface area contributed by atoms with E-state index in [-0.39, 0.29) is 0 Å². The summed E-state index contributed by atoms with van der Waals surface area (Å²) in [6.45, 7) is 2.06. The van der Waals surface area contributed by atoms with Gasteiger partial charge in [-0.2, -0.15) is 0 Å². The van der Waals surface area contributed by atoms with Gasteiger partial charge in [-0.15, -0.1) is 0 Å². The summed E-state index contributed by atoms with van der Waals surface area (Å²) < 4.78 is 10.2. The van der Waals surface area contributed by atoms with Crippen molar-refractivity contribution < 1.29 is 9.26 Å². The minimum atomic E-state index is 0.302. The molecule has 0 unspecified atom stereocenters. The van der Waals surface area contributed by atoms with Crippen molar-refractivity contribution in [3.05, 3.63) is 12.3 Å². The second-order valence-electron chi connectivity index (χ2n) is 2.90. The first-order valence-electron chi connectivity index (χ1n) is 4.23. The molecule has 1 aliphatic rings. The van der Waals surface area contributed by atoms with Crippen molar-refractivity contribution in [1.29, 1.82) is 0 Å². The largest absolute Gasteiger partial charge is 0.472 e. The van der Waals surface area contributed by atoms with Crippen LogP contribution in [0.4, 0.5) is 0 Å². The van der Waals surface area contributed by atoms with Crippen LogP contribution in [0, 0.1) is 0 Å². The third kappa shape index (κ3) is 1.76. The molecule has 1 aromatic rings. The Morgan fingerprint density at radius 3 is 3.00 bits per heavy atom. The summed E-state index contributed by atoms with van der Waals surface area (Å²) >= 11 is 0. The summed E-state index contributed by atoms with van der Waals surface area (Å²) in [5.41, 5.74) is 0. The van der Waals surface area contributed by atoms with E-state index in [0.29, 0.717) is 12.0 Å². The average Bonchev–Trinajstić information content (AvgIpc) is 2.59. The Morgan fingerprint density at radius 2 is 2.33 bits per heavy atom. The van der Waals surface area contributed by atoms with E-state index in [1.54, 1.807) is 6.07 Å². The van der Waals surface area contributed by atoms with Gasteiger partial charge in [-0.3, -0.25) is 0 Å². The first-order valence-corrected chi connectivity index (χ1v) is 4.23. The molecule has 0 atom stereocenters. The first kappa shape index (κ1) is 7.61. The third-order valence-corrected chi connectivity index (χ3v) is 1.99. The predicted octanol–water partition coefficient (Wildman–Crippen LogP) is 0.805. The van der Waals surface area contributed by atoms with Crippen LogP contribution >= 0.6 is 0 Å². The van der Waals surface area contributed by atoms with E-state index in [2.05, 4.69) is 15.0 Å². The van der Waals surface area contributed by atoms with Gasteiger partial charge in [0.1, 0.15) is 12.4 Å². The number of hydrogen-bond acceptors (Lipinski definition) is 4. The van der Waals surface area contributed by atoms with E-state index in [0.717, 1.165) is 25.9 Å².